The molecule has 4 heteroatoms. The lowest BCUT2D eigenvalue weighted by Gasteiger charge is -2.07. The van der Waals surface area contributed by atoms with Crippen LogP contribution in [0.5, 0.6) is 0 Å². The summed E-state index contributed by atoms with van der Waals surface area (Å²) in [5.74, 6) is -0.799. The summed E-state index contributed by atoms with van der Waals surface area (Å²) in [6, 6.07) is 1.99. The van der Waals surface area contributed by atoms with Crippen LogP contribution in [0.25, 0.3) is 0 Å². The fourth-order valence-electron chi connectivity index (χ4n) is 3.50. The van der Waals surface area contributed by atoms with Gasteiger partial charge < -0.3 is 9.67 Å². The molecule has 3 nitrogen and oxygen atoms in total. The lowest BCUT2D eigenvalue weighted by molar-refractivity contribution is 0.0683. The van der Waals surface area contributed by atoms with E-state index in [2.05, 4.69) is 6.92 Å². The predicted octanol–water partition coefficient (Wildman–Crippen LogP) is 6.79. The summed E-state index contributed by atoms with van der Waals surface area (Å²) in [4.78, 5) is 11.5. The second-order valence-electron chi connectivity index (χ2n) is 7.37. The molecule has 1 aromatic heterocycles. The number of aromatic carboxylic acids is 1. The van der Waals surface area contributed by atoms with Gasteiger partial charge in [-0.25, -0.2) is 4.79 Å². The first-order valence-corrected chi connectivity index (χ1v) is 10.7. The van der Waals surface area contributed by atoms with Gasteiger partial charge in [0, 0.05) is 12.7 Å². The molecule has 1 heterocycles. The Bertz CT molecular complexity index is 484. The van der Waals surface area contributed by atoms with Gasteiger partial charge >= 0.3 is 5.97 Å². The van der Waals surface area contributed by atoms with Crippen LogP contribution in [0.15, 0.2) is 12.3 Å². The minimum absolute atomic E-state index is 0.169. The first-order chi connectivity index (χ1) is 12.7. The van der Waals surface area contributed by atoms with E-state index in [1.54, 1.807) is 0 Å². The fourth-order valence-corrected chi connectivity index (χ4v) is 3.50. The number of halogens is 1. The lowest BCUT2D eigenvalue weighted by atomic mass is 10.0. The van der Waals surface area contributed by atoms with Gasteiger partial charge in [-0.1, -0.05) is 71.1 Å². The maximum atomic E-state index is 12.0. The fraction of sp³-hybridized carbons (Fsp3) is 0.773. The average molecular weight is 368 g/mol. The average Bonchev–Trinajstić information content (AvgIpc) is 3.04. The number of carboxylic acids is 1. The van der Waals surface area contributed by atoms with Crippen LogP contribution in [0.4, 0.5) is 4.39 Å². The Hall–Kier alpha value is -1.32. The van der Waals surface area contributed by atoms with Crippen LogP contribution in [0.2, 0.25) is 0 Å². The Morgan fingerprint density at radius 1 is 0.923 bits per heavy atom. The molecular formula is C22H38FNO2. The largest absolute Gasteiger partial charge is 0.477 e. The highest BCUT2D eigenvalue weighted by molar-refractivity contribution is 5.87. The highest BCUT2D eigenvalue weighted by atomic mass is 19.1. The van der Waals surface area contributed by atoms with Crippen LogP contribution in [0, 0.1) is 0 Å². The van der Waals surface area contributed by atoms with Gasteiger partial charge in [0.15, 0.2) is 0 Å². The molecule has 150 valence electrons. The molecule has 0 saturated heterocycles. The highest BCUT2D eigenvalue weighted by Crippen LogP contribution is 2.17. The second kappa shape index (κ2) is 14.8. The van der Waals surface area contributed by atoms with E-state index >= 15 is 0 Å². The first-order valence-electron chi connectivity index (χ1n) is 10.7. The topological polar surface area (TPSA) is 42.2 Å². The Kier molecular flexibility index (Phi) is 12.9. The molecule has 26 heavy (non-hydrogen) atoms. The maximum absolute atomic E-state index is 12.0. The molecule has 1 aromatic rings. The Labute approximate surface area is 159 Å². The molecule has 0 aromatic carbocycles. The first kappa shape index (κ1) is 22.7. The van der Waals surface area contributed by atoms with E-state index in [-0.39, 0.29) is 6.67 Å². The number of aryl methyl sites for hydroxylation is 2. The van der Waals surface area contributed by atoms with Gasteiger partial charge in [0.25, 0.3) is 0 Å². The SMILES string of the molecule is CCCCn1ccc(CCCCCCCCCCCCCF)c1C(=O)O. The zero-order valence-electron chi connectivity index (χ0n) is 16.6. The second-order valence-corrected chi connectivity index (χ2v) is 7.37. The molecule has 0 saturated carbocycles. The number of hydrogen-bond acceptors (Lipinski definition) is 1. The van der Waals surface area contributed by atoms with Crippen molar-refractivity contribution in [3.63, 3.8) is 0 Å². The quantitative estimate of drug-likeness (QED) is 0.308. The zero-order valence-corrected chi connectivity index (χ0v) is 16.6. The van der Waals surface area contributed by atoms with E-state index in [0.717, 1.165) is 50.6 Å². The van der Waals surface area contributed by atoms with Crippen LogP contribution in [0.3, 0.4) is 0 Å². The Morgan fingerprint density at radius 2 is 1.46 bits per heavy atom. The Morgan fingerprint density at radius 3 is 1.96 bits per heavy atom. The van der Waals surface area contributed by atoms with E-state index < -0.39 is 5.97 Å². The number of alkyl halides is 1. The number of aromatic nitrogens is 1. The third-order valence-corrected chi connectivity index (χ3v) is 5.08. The number of carbonyl (C=O) groups is 1. The molecule has 0 bridgehead atoms. The van der Waals surface area contributed by atoms with Gasteiger partial charge in [-0.15, -0.1) is 0 Å². The minimum atomic E-state index is -0.799. The van der Waals surface area contributed by atoms with Gasteiger partial charge in [0.2, 0.25) is 0 Å². The van der Waals surface area contributed by atoms with E-state index in [4.69, 9.17) is 0 Å². The summed E-state index contributed by atoms with van der Waals surface area (Å²) in [6.07, 6.45) is 17.7. The van der Waals surface area contributed by atoms with Gasteiger partial charge in [-0.05, 0) is 37.3 Å². The zero-order chi connectivity index (χ0) is 19.0. The van der Waals surface area contributed by atoms with Crippen molar-refractivity contribution in [1.82, 2.24) is 4.57 Å². The van der Waals surface area contributed by atoms with Gasteiger partial charge in [0.05, 0.1) is 6.67 Å². The molecule has 0 amide bonds. The molecule has 0 spiro atoms. The summed E-state index contributed by atoms with van der Waals surface area (Å²) < 4.78 is 13.9. The third-order valence-electron chi connectivity index (χ3n) is 5.08. The highest BCUT2D eigenvalue weighted by Gasteiger charge is 2.15. The number of carboxylic acid groups (broad SMARTS) is 1. The summed E-state index contributed by atoms with van der Waals surface area (Å²) in [5, 5.41) is 9.49. The minimum Gasteiger partial charge on any atom is -0.477 e. The van der Waals surface area contributed by atoms with Gasteiger partial charge in [-0.3, -0.25) is 4.39 Å². The van der Waals surface area contributed by atoms with Crippen LogP contribution in [-0.4, -0.2) is 22.3 Å². The molecule has 0 atom stereocenters. The predicted molar refractivity (Wildman–Crippen MR) is 107 cm³/mol. The normalized spacial score (nSPS) is 11.2. The van der Waals surface area contributed by atoms with E-state index in [1.165, 1.54) is 51.4 Å². The summed E-state index contributed by atoms with van der Waals surface area (Å²) in [7, 11) is 0. The van der Waals surface area contributed by atoms with Gasteiger partial charge in [-0.2, -0.15) is 0 Å². The number of hydrogen-bond donors (Lipinski definition) is 1. The van der Waals surface area contributed by atoms with Crippen molar-refractivity contribution in [3.8, 4) is 0 Å². The van der Waals surface area contributed by atoms with Crippen molar-refractivity contribution in [2.24, 2.45) is 0 Å². The number of rotatable bonds is 17. The molecule has 1 rings (SSSR count). The Balaban J connectivity index is 2.11. The van der Waals surface area contributed by atoms with Crippen molar-refractivity contribution < 1.29 is 14.3 Å². The van der Waals surface area contributed by atoms with Crippen molar-refractivity contribution in [2.45, 2.75) is 103 Å². The van der Waals surface area contributed by atoms with Crippen molar-refractivity contribution in [2.75, 3.05) is 6.67 Å². The smallest absolute Gasteiger partial charge is 0.352 e. The molecule has 0 fully saturated rings. The van der Waals surface area contributed by atoms with E-state index in [9.17, 15) is 14.3 Å². The molecule has 0 unspecified atom stereocenters. The molecule has 1 N–H and O–H groups in total. The maximum Gasteiger partial charge on any atom is 0.352 e. The molecule has 0 aliphatic heterocycles. The van der Waals surface area contributed by atoms with Crippen LogP contribution in [0.1, 0.15) is 106 Å². The van der Waals surface area contributed by atoms with Crippen molar-refractivity contribution >= 4 is 5.97 Å². The lowest BCUT2D eigenvalue weighted by Crippen LogP contribution is -2.10. The number of nitrogens with zero attached hydrogens (tertiary/aromatic N) is 1. The van der Waals surface area contributed by atoms with Crippen LogP contribution < -0.4 is 0 Å². The van der Waals surface area contributed by atoms with E-state index in [1.807, 2.05) is 16.8 Å². The monoisotopic (exact) mass is 367 g/mol. The van der Waals surface area contributed by atoms with Crippen LogP contribution >= 0.6 is 0 Å². The molecule has 0 aliphatic rings. The van der Waals surface area contributed by atoms with Crippen molar-refractivity contribution in [1.29, 1.82) is 0 Å². The summed E-state index contributed by atoms with van der Waals surface area (Å²) in [6.45, 7) is 2.75. The number of unbranched alkanes of at least 4 members (excludes halogenated alkanes) is 11. The van der Waals surface area contributed by atoms with E-state index in [0.29, 0.717) is 5.69 Å². The molecular weight excluding hydrogens is 329 g/mol. The standard InChI is InChI=1S/C22H38FNO2/c1-2-3-18-24-19-16-20(21(24)22(25)26)15-13-11-9-7-5-4-6-8-10-12-14-17-23/h16,19H,2-15,17-18H2,1H3,(H,25,26). The summed E-state index contributed by atoms with van der Waals surface area (Å²) in [5.41, 5.74) is 1.48. The summed E-state index contributed by atoms with van der Waals surface area (Å²) >= 11 is 0. The van der Waals surface area contributed by atoms with Crippen LogP contribution in [-0.2, 0) is 13.0 Å². The molecule has 0 radical (unpaired) electrons. The third kappa shape index (κ3) is 9.40. The van der Waals surface area contributed by atoms with Gasteiger partial charge in [0.1, 0.15) is 5.69 Å². The van der Waals surface area contributed by atoms with Crippen molar-refractivity contribution in [3.05, 3.63) is 23.5 Å². The molecule has 0 aliphatic carbocycles.